The van der Waals surface area contributed by atoms with Crippen molar-refractivity contribution in [2.45, 2.75) is 207 Å². The molecule has 0 spiro atoms. The van der Waals surface area contributed by atoms with Crippen LogP contribution in [0.3, 0.4) is 0 Å². The highest BCUT2D eigenvalue weighted by atomic mass is 16.5. The summed E-state index contributed by atoms with van der Waals surface area (Å²) in [5, 5.41) is 19.2. The average Bonchev–Trinajstić information content (AvgIpc) is 0.872. The standard InChI is InChI=1S/C34H43NO3.C34H44O5.C34H46O4/c1-35-24-23-34(20-11-25-36-28-31-14-5-2-6-15-31,21-12-26-37-29-32-16-7-3-8-17-32)22-13-27-38-30-33-18-9-4-10-19-33;35-33(36)19-23-34(20-10-24-37-27-30-13-4-1-5-14-30,21-11-25-38-28-31-15-6-2-7-16-31)22-12-26-39-29-32-17-8-3-9-18-32;35-24-10-20-34(21-11-25-36-28-31-14-4-1-5-15-31,22-12-26-37-29-32-16-6-2-7-17-32)23-13-27-38-30-33-18-8-3-9-19-33/h2-10,14-19H,11-13,20-30H2;1-9,13-18H,10-12,19-29H2,(H,35,36);1-9,14-19,35H,10-13,20-30H2. The maximum atomic E-state index is 11.6. The Bertz CT molecular complexity index is 3420. The zero-order chi connectivity index (χ0) is 80.6. The minimum atomic E-state index is -0.736. The van der Waals surface area contributed by atoms with Crippen LogP contribution in [0.25, 0.3) is 4.85 Å². The number of carbonyl (C=O) groups is 1. The summed E-state index contributed by atoms with van der Waals surface area (Å²) in [6, 6.07) is 92.7. The molecular formula is C102H133NO12. The number of rotatable bonds is 62. The van der Waals surface area contributed by atoms with Gasteiger partial charge in [0.1, 0.15) is 0 Å². The number of aliphatic hydroxyl groups excluding tert-OH is 1. The number of carboxylic acid groups (broad SMARTS) is 1. The lowest BCUT2D eigenvalue weighted by Crippen LogP contribution is -2.24. The molecule has 0 bridgehead atoms. The zero-order valence-electron chi connectivity index (χ0n) is 68.8. The molecule has 9 aromatic rings. The predicted molar refractivity (Wildman–Crippen MR) is 465 cm³/mol. The van der Waals surface area contributed by atoms with Gasteiger partial charge in [0.05, 0.1) is 59.5 Å². The highest BCUT2D eigenvalue weighted by molar-refractivity contribution is 5.66. The van der Waals surface area contributed by atoms with E-state index < -0.39 is 5.97 Å². The molecule has 0 atom stereocenters. The summed E-state index contributed by atoms with van der Waals surface area (Å²) in [7, 11) is 0. The van der Waals surface area contributed by atoms with Crippen molar-refractivity contribution < 1.29 is 57.6 Å². The molecule has 0 amide bonds. The number of benzene rings is 9. The van der Waals surface area contributed by atoms with Gasteiger partial charge in [0.15, 0.2) is 0 Å². The third kappa shape index (κ3) is 43.9. The van der Waals surface area contributed by atoms with Gasteiger partial charge in [-0.15, -0.1) is 0 Å². The highest BCUT2D eigenvalue weighted by Crippen LogP contribution is 2.42. The normalized spacial score (nSPS) is 11.5. The maximum Gasteiger partial charge on any atom is 0.303 e. The SMILES string of the molecule is O=C(O)CCC(CCCOCc1ccccc1)(CCCOCc1ccccc1)CCCOCc1ccccc1.OCCCC(CCCOCc1ccccc1)(CCCOCc1ccccc1)CCCOCc1ccccc1.[C-]#[N+]CCC(CCCOCc1ccccc1)(CCCOCc1ccccc1)CCCOCc1ccccc1. The zero-order valence-corrected chi connectivity index (χ0v) is 68.8. The fourth-order valence-electron chi connectivity index (χ4n) is 15.2. The van der Waals surface area contributed by atoms with Crippen LogP contribution in [0.4, 0.5) is 0 Å². The molecule has 115 heavy (non-hydrogen) atoms. The summed E-state index contributed by atoms with van der Waals surface area (Å²) < 4.78 is 53.9. The lowest BCUT2D eigenvalue weighted by molar-refractivity contribution is -0.137. The van der Waals surface area contributed by atoms with Gasteiger partial charge in [-0.25, -0.2) is 6.57 Å². The van der Waals surface area contributed by atoms with Crippen molar-refractivity contribution in [1.29, 1.82) is 0 Å². The molecule has 13 nitrogen and oxygen atoms in total. The van der Waals surface area contributed by atoms with E-state index in [-0.39, 0.29) is 29.3 Å². The lowest BCUT2D eigenvalue weighted by Gasteiger charge is -2.35. The van der Waals surface area contributed by atoms with E-state index in [1.54, 1.807) is 0 Å². The molecule has 0 fully saturated rings. The Morgan fingerprint density at radius 3 is 0.557 bits per heavy atom. The van der Waals surface area contributed by atoms with Gasteiger partial charge >= 0.3 is 5.97 Å². The van der Waals surface area contributed by atoms with Crippen molar-refractivity contribution in [3.63, 3.8) is 0 Å². The van der Waals surface area contributed by atoms with Crippen LogP contribution < -0.4 is 0 Å². The summed E-state index contributed by atoms with van der Waals surface area (Å²) in [6.07, 6.45) is 21.7. The third-order valence-electron chi connectivity index (χ3n) is 21.5. The molecule has 0 saturated heterocycles. The molecule has 618 valence electrons. The number of ether oxygens (including phenoxy) is 9. The van der Waals surface area contributed by atoms with E-state index in [2.05, 4.69) is 150 Å². The van der Waals surface area contributed by atoms with Gasteiger partial charge in [0, 0.05) is 78.9 Å². The first-order chi connectivity index (χ1) is 56.7. The van der Waals surface area contributed by atoms with Crippen LogP contribution in [0.2, 0.25) is 0 Å². The van der Waals surface area contributed by atoms with Crippen LogP contribution in [0, 0.1) is 22.8 Å². The molecule has 0 aliphatic heterocycles. The van der Waals surface area contributed by atoms with Crippen LogP contribution in [-0.4, -0.2) is 88.8 Å². The van der Waals surface area contributed by atoms with Gasteiger partial charge in [-0.05, 0) is 201 Å². The summed E-state index contributed by atoms with van der Waals surface area (Å²) in [4.78, 5) is 15.3. The quantitative estimate of drug-likeness (QED) is 0.0276. The smallest absolute Gasteiger partial charge is 0.303 e. The molecule has 0 unspecified atom stereocenters. The monoisotopic (exact) mass is 1560 g/mol. The lowest BCUT2D eigenvalue weighted by atomic mass is 9.72. The van der Waals surface area contributed by atoms with Crippen molar-refractivity contribution >= 4 is 5.97 Å². The molecule has 13 heteroatoms. The Morgan fingerprint density at radius 1 is 0.243 bits per heavy atom. The van der Waals surface area contributed by atoms with Crippen LogP contribution in [0.5, 0.6) is 0 Å². The predicted octanol–water partition coefficient (Wildman–Crippen LogP) is 23.8. The van der Waals surface area contributed by atoms with Gasteiger partial charge in [-0.2, -0.15) is 0 Å². The number of aliphatic hydroxyl groups is 1. The van der Waals surface area contributed by atoms with E-state index in [4.69, 9.17) is 49.2 Å². The summed E-state index contributed by atoms with van der Waals surface area (Å²) in [6.45, 7) is 20.5. The molecule has 0 aromatic heterocycles. The average molecular weight is 1570 g/mol. The first kappa shape index (κ1) is 93.7. The molecule has 0 aliphatic rings. The maximum absolute atomic E-state index is 11.6. The van der Waals surface area contributed by atoms with Crippen LogP contribution >= 0.6 is 0 Å². The molecule has 0 radical (unpaired) electrons. The molecule has 0 saturated carbocycles. The second kappa shape index (κ2) is 61.0. The van der Waals surface area contributed by atoms with E-state index in [0.717, 1.165) is 174 Å². The fourth-order valence-corrected chi connectivity index (χ4v) is 15.2. The Balaban J connectivity index is 0.000000239. The molecular weight excluding hydrogens is 1430 g/mol. The van der Waals surface area contributed by atoms with E-state index >= 15 is 0 Å². The summed E-state index contributed by atoms with van der Waals surface area (Å²) >= 11 is 0. The molecule has 0 heterocycles. The van der Waals surface area contributed by atoms with Gasteiger partial charge in [-0.3, -0.25) is 4.79 Å². The van der Waals surface area contributed by atoms with Crippen molar-refractivity contribution in [1.82, 2.24) is 0 Å². The topological polar surface area (TPSA) is 145 Å². The number of hydrogen-bond donors (Lipinski definition) is 2. The Hall–Kier alpha value is -8.46. The Morgan fingerprint density at radius 2 is 0.400 bits per heavy atom. The van der Waals surface area contributed by atoms with E-state index in [1.165, 1.54) is 50.1 Å². The molecule has 9 rings (SSSR count). The fraction of sp³-hybridized carbons (Fsp3) is 0.451. The van der Waals surface area contributed by atoms with Gasteiger partial charge in [-0.1, -0.05) is 273 Å². The van der Waals surface area contributed by atoms with Gasteiger partial charge in [0.25, 0.3) is 0 Å². The largest absolute Gasteiger partial charge is 0.481 e. The van der Waals surface area contributed by atoms with Crippen LogP contribution in [0.15, 0.2) is 273 Å². The Labute approximate surface area is 690 Å². The second-order valence-corrected chi connectivity index (χ2v) is 30.6. The van der Waals surface area contributed by atoms with E-state index in [0.29, 0.717) is 92.2 Å². The molecule has 9 aromatic carbocycles. The van der Waals surface area contributed by atoms with Crippen molar-refractivity contribution in [3.8, 4) is 0 Å². The summed E-state index contributed by atoms with van der Waals surface area (Å²) in [5.74, 6) is -0.736. The Kier molecular flexibility index (Phi) is 49.7. The van der Waals surface area contributed by atoms with Crippen molar-refractivity contribution in [2.24, 2.45) is 16.2 Å². The van der Waals surface area contributed by atoms with Crippen molar-refractivity contribution in [2.75, 3.05) is 72.6 Å². The van der Waals surface area contributed by atoms with E-state index in [9.17, 15) is 15.0 Å². The summed E-state index contributed by atoms with van der Waals surface area (Å²) in [5.41, 5.74) is 11.0. The van der Waals surface area contributed by atoms with Crippen LogP contribution in [0.1, 0.15) is 198 Å². The number of aliphatic carboxylic acids is 1. The first-order valence-electron chi connectivity index (χ1n) is 42.5. The molecule has 0 aliphatic carbocycles. The second-order valence-electron chi connectivity index (χ2n) is 30.6. The number of carboxylic acids is 1. The van der Waals surface area contributed by atoms with Gasteiger partial charge in [0.2, 0.25) is 6.54 Å². The van der Waals surface area contributed by atoms with Gasteiger partial charge < -0.3 is 57.7 Å². The van der Waals surface area contributed by atoms with E-state index in [1.807, 2.05) is 127 Å². The first-order valence-corrected chi connectivity index (χ1v) is 42.5. The third-order valence-corrected chi connectivity index (χ3v) is 21.5. The molecule has 2 N–H and O–H groups in total. The van der Waals surface area contributed by atoms with Crippen molar-refractivity contribution in [3.05, 3.63) is 334 Å². The minimum Gasteiger partial charge on any atom is -0.481 e. The number of nitrogens with zero attached hydrogens (tertiary/aromatic N) is 1. The highest BCUT2D eigenvalue weighted by Gasteiger charge is 2.32. The van der Waals surface area contributed by atoms with Crippen LogP contribution in [-0.2, 0) is 107 Å². The minimum absolute atomic E-state index is 0.0687. The number of hydrogen-bond acceptors (Lipinski definition) is 11.